The van der Waals surface area contributed by atoms with Gasteiger partial charge in [0.25, 0.3) is 11.8 Å². The average Bonchev–Trinajstić information content (AvgIpc) is 2.86. The van der Waals surface area contributed by atoms with E-state index in [4.69, 9.17) is 0 Å². The second kappa shape index (κ2) is 6.59. The van der Waals surface area contributed by atoms with Crippen LogP contribution < -0.4 is 0 Å². The lowest BCUT2D eigenvalue weighted by Gasteiger charge is -2.35. The lowest BCUT2D eigenvalue weighted by atomic mass is 9.73. The summed E-state index contributed by atoms with van der Waals surface area (Å²) in [5, 5.41) is 0. The van der Waals surface area contributed by atoms with Crippen LogP contribution >= 0.6 is 0 Å². The molecule has 3 aliphatic carbocycles. The van der Waals surface area contributed by atoms with Crippen LogP contribution in [0.4, 0.5) is 22.0 Å². The Bertz CT molecular complexity index is 756. The van der Waals surface area contributed by atoms with E-state index in [0.29, 0.717) is 12.0 Å². The highest BCUT2D eigenvalue weighted by atomic mass is 19.3. The van der Waals surface area contributed by atoms with Crippen LogP contribution in [0.2, 0.25) is 0 Å². The van der Waals surface area contributed by atoms with Gasteiger partial charge in [-0.1, -0.05) is 44.7 Å². The highest BCUT2D eigenvalue weighted by molar-refractivity contribution is 5.50. The van der Waals surface area contributed by atoms with E-state index in [-0.39, 0.29) is 29.9 Å². The Hall–Kier alpha value is -1.39. The molecular weight excluding hydrogens is 359 g/mol. The third-order valence-corrected chi connectivity index (χ3v) is 6.82. The minimum Gasteiger partial charge on any atom is -0.206 e. The maximum absolute atomic E-state index is 15.2. The smallest absolute Gasteiger partial charge is 0.206 e. The molecule has 0 aromatic heterocycles. The number of rotatable bonds is 3. The number of halogens is 5. The highest BCUT2D eigenvalue weighted by Gasteiger charge is 2.55. The summed E-state index contributed by atoms with van der Waals surface area (Å²) >= 11 is 0. The van der Waals surface area contributed by atoms with E-state index < -0.39 is 34.7 Å². The summed E-state index contributed by atoms with van der Waals surface area (Å²) in [6.45, 7) is 2.13. The van der Waals surface area contributed by atoms with Gasteiger partial charge < -0.3 is 0 Å². The number of benzene rings is 1. The molecule has 0 spiro atoms. The number of hydrogen-bond donors (Lipinski definition) is 0. The number of allylic oxidation sites excluding steroid dienone is 2. The first-order chi connectivity index (χ1) is 12.8. The van der Waals surface area contributed by atoms with E-state index in [9.17, 15) is 13.2 Å². The predicted molar refractivity (Wildman–Crippen MR) is 94.6 cm³/mol. The van der Waals surface area contributed by atoms with Gasteiger partial charge in [-0.05, 0) is 54.7 Å². The summed E-state index contributed by atoms with van der Waals surface area (Å²) in [4.78, 5) is 0. The molecule has 1 saturated carbocycles. The van der Waals surface area contributed by atoms with Gasteiger partial charge in [0.05, 0.1) is 11.1 Å². The fraction of sp³-hybridized carbons (Fsp3) is 0.636. The number of alkyl halides is 4. The van der Waals surface area contributed by atoms with Crippen molar-refractivity contribution < 1.29 is 22.0 Å². The second-order valence-electron chi connectivity index (χ2n) is 8.49. The van der Waals surface area contributed by atoms with Crippen LogP contribution in [-0.4, -0.2) is 0 Å². The Labute approximate surface area is 156 Å². The average molecular weight is 384 g/mol. The Morgan fingerprint density at radius 2 is 1.70 bits per heavy atom. The van der Waals surface area contributed by atoms with Crippen LogP contribution in [0.3, 0.4) is 0 Å². The van der Waals surface area contributed by atoms with Gasteiger partial charge in [-0.3, -0.25) is 0 Å². The molecular formula is C22H25F5. The van der Waals surface area contributed by atoms with Gasteiger partial charge in [0.1, 0.15) is 5.82 Å². The van der Waals surface area contributed by atoms with E-state index in [0.717, 1.165) is 38.5 Å². The lowest BCUT2D eigenvalue weighted by molar-refractivity contribution is -0.0844. The van der Waals surface area contributed by atoms with E-state index in [1.807, 2.05) is 0 Å². The first-order valence-corrected chi connectivity index (χ1v) is 10.0. The molecule has 0 N–H and O–H groups in total. The maximum Gasteiger partial charge on any atom is 0.294 e. The Balaban J connectivity index is 1.65. The Morgan fingerprint density at radius 3 is 2.37 bits per heavy atom. The van der Waals surface area contributed by atoms with Gasteiger partial charge in [-0.15, -0.1) is 0 Å². The summed E-state index contributed by atoms with van der Waals surface area (Å²) < 4.78 is 73.7. The molecule has 0 aliphatic heterocycles. The zero-order chi connectivity index (χ0) is 19.4. The van der Waals surface area contributed by atoms with Crippen LogP contribution in [0.25, 0.3) is 0 Å². The largest absolute Gasteiger partial charge is 0.294 e. The number of hydrogen-bond acceptors (Lipinski definition) is 0. The van der Waals surface area contributed by atoms with Gasteiger partial charge in [-0.2, -0.15) is 8.78 Å². The highest BCUT2D eigenvalue weighted by Crippen LogP contribution is 2.55. The topological polar surface area (TPSA) is 0 Å². The van der Waals surface area contributed by atoms with Gasteiger partial charge in [0.15, 0.2) is 0 Å². The van der Waals surface area contributed by atoms with Crippen LogP contribution in [-0.2, 0) is 24.7 Å². The van der Waals surface area contributed by atoms with Crippen LogP contribution in [0.5, 0.6) is 0 Å². The monoisotopic (exact) mass is 384 g/mol. The van der Waals surface area contributed by atoms with Crippen LogP contribution in [0.1, 0.15) is 67.7 Å². The normalized spacial score (nSPS) is 30.8. The van der Waals surface area contributed by atoms with Gasteiger partial charge >= 0.3 is 0 Å². The molecule has 0 nitrogen and oxygen atoms in total. The van der Waals surface area contributed by atoms with Crippen molar-refractivity contribution in [1.29, 1.82) is 0 Å². The Morgan fingerprint density at radius 1 is 1.00 bits per heavy atom. The second-order valence-corrected chi connectivity index (χ2v) is 8.49. The van der Waals surface area contributed by atoms with E-state index in [2.05, 4.69) is 6.92 Å². The van der Waals surface area contributed by atoms with Crippen molar-refractivity contribution in [2.75, 3.05) is 0 Å². The molecule has 1 aromatic rings. The molecule has 1 unspecified atom stereocenters. The summed E-state index contributed by atoms with van der Waals surface area (Å²) in [5.74, 6) is -8.85. The zero-order valence-electron chi connectivity index (χ0n) is 15.5. The van der Waals surface area contributed by atoms with E-state index >= 15 is 8.78 Å². The first-order valence-electron chi connectivity index (χ1n) is 10.0. The van der Waals surface area contributed by atoms with Crippen molar-refractivity contribution >= 4 is 0 Å². The van der Waals surface area contributed by atoms with E-state index in [1.54, 1.807) is 0 Å². The molecule has 27 heavy (non-hydrogen) atoms. The van der Waals surface area contributed by atoms with Crippen LogP contribution in [0, 0.1) is 23.6 Å². The lowest BCUT2D eigenvalue weighted by Crippen LogP contribution is -2.32. The molecule has 0 amide bonds. The van der Waals surface area contributed by atoms with Crippen molar-refractivity contribution in [3.63, 3.8) is 0 Å². The van der Waals surface area contributed by atoms with Crippen LogP contribution in [0.15, 0.2) is 18.2 Å². The molecule has 1 atom stereocenters. The van der Waals surface area contributed by atoms with E-state index in [1.165, 1.54) is 12.1 Å². The minimum absolute atomic E-state index is 0.0882. The summed E-state index contributed by atoms with van der Waals surface area (Å²) in [7, 11) is 0. The summed E-state index contributed by atoms with van der Waals surface area (Å²) in [6.07, 6.45) is 7.67. The minimum atomic E-state index is -3.53. The molecule has 3 aliphatic rings. The zero-order valence-corrected chi connectivity index (χ0v) is 15.5. The summed E-state index contributed by atoms with van der Waals surface area (Å²) in [6, 6.07) is 1.40. The molecule has 4 rings (SSSR count). The SMILES string of the molecule is CCCC1CCC(C2Cc3cc4c(c(F)c3C2(F)F)C(F)(F)C=CC4)CC1. The van der Waals surface area contributed by atoms with Gasteiger partial charge in [-0.25, -0.2) is 13.2 Å². The third-order valence-electron chi connectivity index (χ3n) is 6.82. The van der Waals surface area contributed by atoms with Crippen molar-refractivity contribution in [1.82, 2.24) is 0 Å². The maximum atomic E-state index is 15.2. The van der Waals surface area contributed by atoms with Gasteiger partial charge in [0, 0.05) is 5.92 Å². The third kappa shape index (κ3) is 3.01. The molecule has 1 aromatic carbocycles. The molecule has 148 valence electrons. The van der Waals surface area contributed by atoms with Crippen molar-refractivity contribution in [3.05, 3.63) is 46.3 Å². The number of fused-ring (bicyclic) bond motifs is 2. The molecule has 0 heterocycles. The van der Waals surface area contributed by atoms with Gasteiger partial charge in [0.2, 0.25) is 0 Å². The molecule has 1 fully saturated rings. The standard InChI is InChI=1S/C22H25F5/c1-2-4-13-6-8-14(9-7-13)17-12-16-11-15-5-3-10-21(24,25)18(15)20(23)19(16)22(17,26)27/h3,10-11,13-14,17H,2,4-9,12H2,1H3. The molecule has 5 heteroatoms. The Kier molecular flexibility index (Phi) is 4.63. The quantitative estimate of drug-likeness (QED) is 0.393. The van der Waals surface area contributed by atoms with Crippen molar-refractivity contribution in [3.8, 4) is 0 Å². The van der Waals surface area contributed by atoms with Crippen molar-refractivity contribution in [2.45, 2.75) is 70.1 Å². The summed E-state index contributed by atoms with van der Waals surface area (Å²) in [5.41, 5.74) is -1.25. The molecule has 0 radical (unpaired) electrons. The van der Waals surface area contributed by atoms with Crippen molar-refractivity contribution in [2.24, 2.45) is 17.8 Å². The fourth-order valence-corrected chi connectivity index (χ4v) is 5.52. The molecule has 0 bridgehead atoms. The molecule has 0 saturated heterocycles. The predicted octanol–water partition coefficient (Wildman–Crippen LogP) is 6.90. The first kappa shape index (κ1) is 18.9. The fourth-order valence-electron chi connectivity index (χ4n) is 5.52.